The van der Waals surface area contributed by atoms with Crippen molar-refractivity contribution in [2.24, 2.45) is 0 Å². The largest absolute Gasteiger partial charge is 0.497 e. The van der Waals surface area contributed by atoms with E-state index in [-0.39, 0.29) is 5.91 Å². The van der Waals surface area contributed by atoms with Crippen LogP contribution in [0.3, 0.4) is 0 Å². The SMILES string of the molecule is COc1ccc(-n2nc3cc(C)c(NC(=O)C(C)(C)Oc4ccc(Br)cc4)cc3n2)cc1. The zero-order valence-electron chi connectivity index (χ0n) is 18.2. The fourth-order valence-electron chi connectivity index (χ4n) is 3.15. The van der Waals surface area contributed by atoms with Crippen LogP contribution in [0.15, 0.2) is 65.1 Å². The first-order chi connectivity index (χ1) is 15.2. The third-order valence-corrected chi connectivity index (χ3v) is 5.54. The van der Waals surface area contributed by atoms with Crippen LogP contribution in [-0.2, 0) is 4.79 Å². The Hall–Kier alpha value is -3.39. The van der Waals surface area contributed by atoms with Crippen LogP contribution in [0.25, 0.3) is 16.7 Å². The van der Waals surface area contributed by atoms with Crippen molar-refractivity contribution in [1.29, 1.82) is 0 Å². The third-order valence-electron chi connectivity index (χ3n) is 5.01. The summed E-state index contributed by atoms with van der Waals surface area (Å²) in [5.41, 5.74) is 2.70. The molecule has 4 rings (SSSR count). The Morgan fingerprint density at radius 2 is 1.56 bits per heavy atom. The highest BCUT2D eigenvalue weighted by Crippen LogP contribution is 2.26. The molecule has 0 fully saturated rings. The highest BCUT2D eigenvalue weighted by atomic mass is 79.9. The first kappa shape index (κ1) is 21.8. The van der Waals surface area contributed by atoms with Gasteiger partial charge in [0.25, 0.3) is 5.91 Å². The van der Waals surface area contributed by atoms with Crippen LogP contribution in [-0.4, -0.2) is 33.6 Å². The van der Waals surface area contributed by atoms with Crippen LogP contribution in [0.4, 0.5) is 5.69 Å². The number of halogens is 1. The van der Waals surface area contributed by atoms with Gasteiger partial charge in [-0.05, 0) is 87.0 Å². The average molecular weight is 495 g/mol. The maximum atomic E-state index is 13.0. The van der Waals surface area contributed by atoms with Gasteiger partial charge in [-0.25, -0.2) is 0 Å². The normalized spacial score (nSPS) is 11.4. The average Bonchev–Trinajstić information content (AvgIpc) is 3.18. The number of benzene rings is 3. The molecule has 0 atom stereocenters. The lowest BCUT2D eigenvalue weighted by molar-refractivity contribution is -0.128. The smallest absolute Gasteiger partial charge is 0.267 e. The zero-order chi connectivity index (χ0) is 22.9. The molecule has 0 saturated heterocycles. The van der Waals surface area contributed by atoms with Gasteiger partial charge in [-0.2, -0.15) is 4.80 Å². The van der Waals surface area contributed by atoms with E-state index in [0.29, 0.717) is 17.0 Å². The minimum Gasteiger partial charge on any atom is -0.497 e. The van der Waals surface area contributed by atoms with Crippen molar-refractivity contribution in [3.05, 3.63) is 70.7 Å². The molecule has 1 aromatic heterocycles. The molecule has 1 amide bonds. The molecule has 7 nitrogen and oxygen atoms in total. The standard InChI is InChI=1S/C24H23BrN4O3/c1-15-13-21-22(28-29(27-21)17-7-11-18(31-4)12-8-17)14-20(15)26-23(30)24(2,3)32-19-9-5-16(25)6-10-19/h5-14H,1-4H3,(H,26,30). The number of aromatic nitrogens is 3. The first-order valence-corrected chi connectivity index (χ1v) is 10.8. The van der Waals surface area contributed by atoms with Crippen LogP contribution >= 0.6 is 15.9 Å². The first-order valence-electron chi connectivity index (χ1n) is 10.0. The highest BCUT2D eigenvalue weighted by molar-refractivity contribution is 9.10. The molecule has 0 aliphatic rings. The minimum atomic E-state index is -1.07. The summed E-state index contributed by atoms with van der Waals surface area (Å²) in [5, 5.41) is 12.1. The molecule has 0 radical (unpaired) electrons. The summed E-state index contributed by atoms with van der Waals surface area (Å²) < 4.78 is 12.1. The van der Waals surface area contributed by atoms with Gasteiger partial charge in [0.15, 0.2) is 5.60 Å². The molecular formula is C24H23BrN4O3. The number of ether oxygens (including phenoxy) is 2. The molecule has 0 aliphatic heterocycles. The molecule has 8 heteroatoms. The predicted molar refractivity (Wildman–Crippen MR) is 128 cm³/mol. The number of hydrogen-bond donors (Lipinski definition) is 1. The Bertz CT molecular complexity index is 1270. The van der Waals surface area contributed by atoms with Crippen molar-refractivity contribution in [3.63, 3.8) is 0 Å². The molecule has 1 heterocycles. The lowest BCUT2D eigenvalue weighted by Crippen LogP contribution is -2.42. The number of nitrogens with one attached hydrogen (secondary N) is 1. The quantitative estimate of drug-likeness (QED) is 0.393. The number of carbonyl (C=O) groups excluding carboxylic acids is 1. The van der Waals surface area contributed by atoms with Gasteiger partial charge in [-0.1, -0.05) is 15.9 Å². The number of methoxy groups -OCH3 is 1. The summed E-state index contributed by atoms with van der Waals surface area (Å²) >= 11 is 3.40. The Morgan fingerprint density at radius 3 is 2.19 bits per heavy atom. The molecule has 0 saturated carbocycles. The Kier molecular flexibility index (Phi) is 5.88. The van der Waals surface area contributed by atoms with Crippen molar-refractivity contribution in [2.75, 3.05) is 12.4 Å². The Labute approximate surface area is 194 Å². The number of anilines is 1. The lowest BCUT2D eigenvalue weighted by Gasteiger charge is -2.25. The second-order valence-corrected chi connectivity index (χ2v) is 8.78. The number of hydrogen-bond acceptors (Lipinski definition) is 5. The van der Waals surface area contributed by atoms with E-state index in [2.05, 4.69) is 31.4 Å². The van der Waals surface area contributed by atoms with Gasteiger partial charge in [-0.15, -0.1) is 10.2 Å². The summed E-state index contributed by atoms with van der Waals surface area (Å²) in [7, 11) is 1.62. The highest BCUT2D eigenvalue weighted by Gasteiger charge is 2.30. The molecule has 4 aromatic rings. The summed E-state index contributed by atoms with van der Waals surface area (Å²) in [5.74, 6) is 1.12. The minimum absolute atomic E-state index is 0.259. The van der Waals surface area contributed by atoms with E-state index < -0.39 is 5.60 Å². The van der Waals surface area contributed by atoms with E-state index >= 15 is 0 Å². The molecule has 32 heavy (non-hydrogen) atoms. The molecule has 0 spiro atoms. The molecule has 0 aliphatic carbocycles. The van der Waals surface area contributed by atoms with Crippen LogP contribution in [0, 0.1) is 6.92 Å². The Morgan fingerprint density at radius 1 is 0.969 bits per heavy atom. The molecule has 1 N–H and O–H groups in total. The van der Waals surface area contributed by atoms with E-state index in [9.17, 15) is 4.79 Å². The number of fused-ring (bicyclic) bond motifs is 1. The van der Waals surface area contributed by atoms with Gasteiger partial charge in [0.2, 0.25) is 0 Å². The van der Waals surface area contributed by atoms with Gasteiger partial charge in [-0.3, -0.25) is 4.79 Å². The number of rotatable bonds is 6. The summed E-state index contributed by atoms with van der Waals surface area (Å²) in [4.78, 5) is 14.5. The second kappa shape index (κ2) is 8.63. The molecule has 0 unspecified atom stereocenters. The van der Waals surface area contributed by atoms with Gasteiger partial charge in [0.1, 0.15) is 22.5 Å². The van der Waals surface area contributed by atoms with E-state index in [4.69, 9.17) is 9.47 Å². The van der Waals surface area contributed by atoms with Crippen molar-refractivity contribution in [1.82, 2.24) is 15.0 Å². The predicted octanol–water partition coefficient (Wildman–Crippen LogP) is 5.30. The van der Waals surface area contributed by atoms with Gasteiger partial charge in [0.05, 0.1) is 12.8 Å². The van der Waals surface area contributed by atoms with E-state index in [0.717, 1.165) is 27.0 Å². The van der Waals surface area contributed by atoms with E-state index in [1.807, 2.05) is 67.6 Å². The zero-order valence-corrected chi connectivity index (χ0v) is 19.8. The Balaban J connectivity index is 1.56. The fraction of sp³-hybridized carbons (Fsp3) is 0.208. The van der Waals surface area contributed by atoms with Crippen molar-refractivity contribution >= 4 is 38.6 Å². The van der Waals surface area contributed by atoms with Gasteiger partial charge in [0, 0.05) is 10.2 Å². The maximum Gasteiger partial charge on any atom is 0.267 e. The van der Waals surface area contributed by atoms with Gasteiger partial charge < -0.3 is 14.8 Å². The number of carbonyl (C=O) groups is 1. The molecule has 164 valence electrons. The lowest BCUT2D eigenvalue weighted by atomic mass is 10.1. The van der Waals surface area contributed by atoms with Crippen molar-refractivity contribution in [2.45, 2.75) is 26.4 Å². The van der Waals surface area contributed by atoms with Crippen LogP contribution in [0.1, 0.15) is 19.4 Å². The number of amides is 1. The van der Waals surface area contributed by atoms with Gasteiger partial charge >= 0.3 is 0 Å². The van der Waals surface area contributed by atoms with Crippen molar-refractivity contribution < 1.29 is 14.3 Å². The maximum absolute atomic E-state index is 13.0. The molecule has 3 aromatic carbocycles. The fourth-order valence-corrected chi connectivity index (χ4v) is 3.41. The van der Waals surface area contributed by atoms with Crippen LogP contribution < -0.4 is 14.8 Å². The van der Waals surface area contributed by atoms with E-state index in [1.165, 1.54) is 0 Å². The molecular weight excluding hydrogens is 472 g/mol. The van der Waals surface area contributed by atoms with E-state index in [1.54, 1.807) is 25.8 Å². The monoisotopic (exact) mass is 494 g/mol. The summed E-state index contributed by atoms with van der Waals surface area (Å²) in [6.07, 6.45) is 0. The summed E-state index contributed by atoms with van der Waals surface area (Å²) in [6.45, 7) is 5.39. The third kappa shape index (κ3) is 4.60. The van der Waals surface area contributed by atoms with Crippen LogP contribution in [0.2, 0.25) is 0 Å². The topological polar surface area (TPSA) is 78.3 Å². The van der Waals surface area contributed by atoms with Crippen molar-refractivity contribution in [3.8, 4) is 17.2 Å². The number of nitrogens with zero attached hydrogens (tertiary/aromatic N) is 3. The number of aryl methyl sites for hydroxylation is 1. The molecule has 0 bridgehead atoms. The second-order valence-electron chi connectivity index (χ2n) is 7.86. The summed E-state index contributed by atoms with van der Waals surface area (Å²) in [6, 6.07) is 18.6. The van der Waals surface area contributed by atoms with Crippen LogP contribution in [0.5, 0.6) is 11.5 Å².